The van der Waals surface area contributed by atoms with E-state index in [1.54, 1.807) is 31.4 Å². The standard InChI is InChI=1S/C24H23ClN4O3S2/c1-32-20-9-4-16(25)15-19(20)23(31)29-12-10-28(11-13-29)18-7-5-17(6-8-18)26-24(33)27-22(30)21-3-2-14-34-21/h2-9,14-15H,10-13H2,1H3,(H2,26,27,30,33). The highest BCUT2D eigenvalue weighted by molar-refractivity contribution is 7.80. The molecule has 10 heteroatoms. The fourth-order valence-electron chi connectivity index (χ4n) is 3.68. The number of ether oxygens (including phenoxy) is 1. The number of rotatable bonds is 5. The highest BCUT2D eigenvalue weighted by Crippen LogP contribution is 2.25. The van der Waals surface area contributed by atoms with E-state index in [4.69, 9.17) is 28.6 Å². The van der Waals surface area contributed by atoms with Gasteiger partial charge in [0.15, 0.2) is 5.11 Å². The molecule has 0 aliphatic carbocycles. The van der Waals surface area contributed by atoms with Gasteiger partial charge in [-0.2, -0.15) is 0 Å². The van der Waals surface area contributed by atoms with Crippen molar-refractivity contribution < 1.29 is 14.3 Å². The fourth-order valence-corrected chi connectivity index (χ4v) is 4.68. The summed E-state index contributed by atoms with van der Waals surface area (Å²) in [4.78, 5) is 29.7. The van der Waals surface area contributed by atoms with Gasteiger partial charge in [-0.25, -0.2) is 0 Å². The third-order valence-electron chi connectivity index (χ3n) is 5.42. The number of carbonyl (C=O) groups is 2. The van der Waals surface area contributed by atoms with Crippen LogP contribution in [0.25, 0.3) is 0 Å². The lowest BCUT2D eigenvalue weighted by atomic mass is 10.1. The topological polar surface area (TPSA) is 73.9 Å². The van der Waals surface area contributed by atoms with Crippen LogP contribution in [-0.4, -0.2) is 55.1 Å². The molecular formula is C24H23ClN4O3S2. The Labute approximate surface area is 212 Å². The first-order valence-electron chi connectivity index (χ1n) is 10.6. The minimum Gasteiger partial charge on any atom is -0.496 e. The molecular weight excluding hydrogens is 492 g/mol. The Bertz CT molecular complexity index is 1180. The molecule has 2 heterocycles. The number of halogens is 1. The van der Waals surface area contributed by atoms with Gasteiger partial charge in [0.1, 0.15) is 5.75 Å². The summed E-state index contributed by atoms with van der Waals surface area (Å²) in [5.41, 5.74) is 2.30. The molecule has 176 valence electrons. The first-order valence-corrected chi connectivity index (χ1v) is 12.2. The monoisotopic (exact) mass is 514 g/mol. The van der Waals surface area contributed by atoms with E-state index in [9.17, 15) is 9.59 Å². The molecule has 4 rings (SSSR count). The highest BCUT2D eigenvalue weighted by Gasteiger charge is 2.24. The maximum absolute atomic E-state index is 13.0. The summed E-state index contributed by atoms with van der Waals surface area (Å²) in [6.07, 6.45) is 0. The number of hydrogen-bond donors (Lipinski definition) is 2. The number of nitrogens with one attached hydrogen (secondary N) is 2. The van der Waals surface area contributed by atoms with Gasteiger partial charge >= 0.3 is 0 Å². The summed E-state index contributed by atoms with van der Waals surface area (Å²) in [5.74, 6) is 0.202. The van der Waals surface area contributed by atoms with Crippen molar-refractivity contribution in [2.24, 2.45) is 0 Å². The molecule has 0 atom stereocenters. The first-order chi connectivity index (χ1) is 16.4. The van der Waals surface area contributed by atoms with Gasteiger partial charge in [0.25, 0.3) is 11.8 Å². The Morgan fingerprint density at radius 1 is 1.06 bits per heavy atom. The normalized spacial score (nSPS) is 13.4. The summed E-state index contributed by atoms with van der Waals surface area (Å²) < 4.78 is 5.33. The maximum Gasteiger partial charge on any atom is 0.267 e. The molecule has 2 N–H and O–H groups in total. The number of nitrogens with zero attached hydrogens (tertiary/aromatic N) is 2. The van der Waals surface area contributed by atoms with Crippen LogP contribution in [0.1, 0.15) is 20.0 Å². The SMILES string of the molecule is COc1ccc(Cl)cc1C(=O)N1CCN(c2ccc(NC(=S)NC(=O)c3cccs3)cc2)CC1. The van der Waals surface area contributed by atoms with E-state index in [0.29, 0.717) is 47.4 Å². The number of benzene rings is 2. The summed E-state index contributed by atoms with van der Waals surface area (Å²) in [6.45, 7) is 2.59. The molecule has 0 bridgehead atoms. The molecule has 7 nitrogen and oxygen atoms in total. The van der Waals surface area contributed by atoms with E-state index < -0.39 is 0 Å². The summed E-state index contributed by atoms with van der Waals surface area (Å²) in [7, 11) is 1.54. The lowest BCUT2D eigenvalue weighted by Gasteiger charge is -2.36. The number of carbonyl (C=O) groups excluding carboxylic acids is 2. The van der Waals surface area contributed by atoms with Crippen LogP contribution in [0.15, 0.2) is 60.0 Å². The molecule has 1 aliphatic rings. The molecule has 0 unspecified atom stereocenters. The Kier molecular flexibility index (Phi) is 7.66. The smallest absolute Gasteiger partial charge is 0.267 e. The second kappa shape index (κ2) is 10.9. The van der Waals surface area contributed by atoms with Crippen molar-refractivity contribution in [3.05, 3.63) is 75.4 Å². The van der Waals surface area contributed by atoms with Crippen LogP contribution in [0.4, 0.5) is 11.4 Å². The van der Waals surface area contributed by atoms with Crippen molar-refractivity contribution in [3.8, 4) is 5.75 Å². The zero-order valence-corrected chi connectivity index (χ0v) is 20.8. The number of hydrogen-bond acceptors (Lipinski definition) is 6. The molecule has 34 heavy (non-hydrogen) atoms. The van der Waals surface area contributed by atoms with Gasteiger partial charge < -0.3 is 19.9 Å². The van der Waals surface area contributed by atoms with E-state index in [1.165, 1.54) is 11.3 Å². The number of thiocarbonyl (C=S) groups is 1. The molecule has 1 aromatic heterocycles. The Morgan fingerprint density at radius 2 is 1.79 bits per heavy atom. The Hall–Kier alpha value is -3.14. The number of methoxy groups -OCH3 is 1. The van der Waals surface area contributed by atoms with Gasteiger partial charge in [-0.15, -0.1) is 11.3 Å². The Balaban J connectivity index is 1.31. The van der Waals surface area contributed by atoms with Crippen molar-refractivity contribution in [1.29, 1.82) is 0 Å². The zero-order chi connectivity index (χ0) is 24.1. The van der Waals surface area contributed by atoms with Crippen molar-refractivity contribution in [3.63, 3.8) is 0 Å². The summed E-state index contributed by atoms with van der Waals surface area (Å²) >= 11 is 12.7. The molecule has 1 aliphatic heterocycles. The lowest BCUT2D eigenvalue weighted by molar-refractivity contribution is 0.0743. The largest absolute Gasteiger partial charge is 0.496 e. The average Bonchev–Trinajstić information content (AvgIpc) is 3.39. The molecule has 1 fully saturated rings. The van der Waals surface area contributed by atoms with E-state index in [0.717, 1.165) is 11.4 Å². The number of piperazine rings is 1. The number of thiophene rings is 1. The number of amides is 2. The third kappa shape index (κ3) is 5.67. The van der Waals surface area contributed by atoms with Crippen LogP contribution >= 0.6 is 35.2 Å². The summed E-state index contributed by atoms with van der Waals surface area (Å²) in [6, 6.07) is 16.4. The van der Waals surface area contributed by atoms with E-state index in [-0.39, 0.29) is 16.9 Å². The van der Waals surface area contributed by atoms with Crippen LogP contribution in [-0.2, 0) is 0 Å². The molecule has 0 radical (unpaired) electrons. The van der Waals surface area contributed by atoms with Crippen LogP contribution in [0.2, 0.25) is 5.02 Å². The average molecular weight is 515 g/mol. The quantitative estimate of drug-likeness (QED) is 0.488. The lowest BCUT2D eigenvalue weighted by Crippen LogP contribution is -2.48. The molecule has 0 spiro atoms. The van der Waals surface area contributed by atoms with Crippen molar-refractivity contribution in [1.82, 2.24) is 10.2 Å². The third-order valence-corrected chi connectivity index (χ3v) is 6.73. The van der Waals surface area contributed by atoms with Crippen LogP contribution in [0, 0.1) is 0 Å². The molecule has 2 aromatic carbocycles. The van der Waals surface area contributed by atoms with Gasteiger partial charge in [-0.1, -0.05) is 17.7 Å². The van der Waals surface area contributed by atoms with Gasteiger partial charge in [0.2, 0.25) is 0 Å². The molecule has 2 amide bonds. The highest BCUT2D eigenvalue weighted by atomic mass is 35.5. The zero-order valence-electron chi connectivity index (χ0n) is 18.4. The van der Waals surface area contributed by atoms with E-state index in [1.807, 2.05) is 40.6 Å². The van der Waals surface area contributed by atoms with Crippen LogP contribution < -0.4 is 20.3 Å². The van der Waals surface area contributed by atoms with Gasteiger partial charge in [0, 0.05) is 42.6 Å². The molecule has 1 saturated heterocycles. The Morgan fingerprint density at radius 3 is 2.44 bits per heavy atom. The van der Waals surface area contributed by atoms with E-state index in [2.05, 4.69) is 15.5 Å². The second-order valence-electron chi connectivity index (χ2n) is 7.56. The minimum atomic E-state index is -0.230. The van der Waals surface area contributed by atoms with Crippen molar-refractivity contribution in [2.75, 3.05) is 43.5 Å². The van der Waals surface area contributed by atoms with Gasteiger partial charge in [-0.3, -0.25) is 14.9 Å². The number of anilines is 2. The first kappa shape index (κ1) is 24.0. The minimum absolute atomic E-state index is 0.0864. The van der Waals surface area contributed by atoms with Gasteiger partial charge in [-0.05, 0) is 66.1 Å². The molecule has 0 saturated carbocycles. The van der Waals surface area contributed by atoms with Gasteiger partial charge in [0.05, 0.1) is 17.6 Å². The molecule has 3 aromatic rings. The predicted octanol–water partition coefficient (Wildman–Crippen LogP) is 4.50. The maximum atomic E-state index is 13.0. The van der Waals surface area contributed by atoms with Crippen molar-refractivity contribution in [2.45, 2.75) is 0 Å². The van der Waals surface area contributed by atoms with Crippen molar-refractivity contribution >= 4 is 63.5 Å². The fraction of sp³-hybridized carbons (Fsp3) is 0.208. The van der Waals surface area contributed by atoms with Crippen LogP contribution in [0.5, 0.6) is 5.75 Å². The van der Waals surface area contributed by atoms with Crippen LogP contribution in [0.3, 0.4) is 0 Å². The second-order valence-corrected chi connectivity index (χ2v) is 9.35. The summed E-state index contributed by atoms with van der Waals surface area (Å²) in [5, 5.41) is 8.29. The van der Waals surface area contributed by atoms with E-state index >= 15 is 0 Å². The predicted molar refractivity (Wildman–Crippen MR) is 141 cm³/mol.